The van der Waals surface area contributed by atoms with Crippen LogP contribution in [-0.2, 0) is 0 Å². The van der Waals surface area contributed by atoms with Gasteiger partial charge in [-0.05, 0) is 60.7 Å². The third kappa shape index (κ3) is 5.05. The van der Waals surface area contributed by atoms with E-state index in [-0.39, 0.29) is 33.7 Å². The number of hydrogen-bond donors (Lipinski definition) is 2. The van der Waals surface area contributed by atoms with E-state index in [1.807, 2.05) is 24.1 Å². The first-order valence-electron chi connectivity index (χ1n) is 10.5. The van der Waals surface area contributed by atoms with Crippen LogP contribution in [0.25, 0.3) is 0 Å². The van der Waals surface area contributed by atoms with Crippen molar-refractivity contribution in [2.75, 3.05) is 11.9 Å². The number of phenols is 1. The van der Waals surface area contributed by atoms with Crippen molar-refractivity contribution in [2.45, 2.75) is 0 Å². The molecule has 4 aromatic rings. The van der Waals surface area contributed by atoms with Gasteiger partial charge in [-0.2, -0.15) is 0 Å². The average molecular weight is 487 g/mol. The Morgan fingerprint density at radius 2 is 1.49 bits per heavy atom. The molecule has 0 aliphatic heterocycles. The highest BCUT2D eigenvalue weighted by molar-refractivity contribution is 6.30. The number of phenolic OH excluding ortho intramolecular Hbond substituents is 1. The van der Waals surface area contributed by atoms with E-state index in [1.165, 1.54) is 36.4 Å². The molecule has 0 aliphatic rings. The molecule has 0 saturated carbocycles. The van der Waals surface area contributed by atoms with E-state index in [4.69, 9.17) is 11.6 Å². The standard InChI is InChI=1S/C27H19ClN2O5/c1-30(19-8-6-18(28)7-9-19)20-10-12-24(29-15-20)26(33)17-5-11-22(23(14-17)27(34)35)25(32)16-3-2-4-21(31)13-16/h2-15,31H,1H3,(H,34,35). The molecule has 3 aromatic carbocycles. The lowest BCUT2D eigenvalue weighted by Crippen LogP contribution is -2.13. The molecule has 0 amide bonds. The topological polar surface area (TPSA) is 108 Å². The van der Waals surface area contributed by atoms with Gasteiger partial charge in [-0.1, -0.05) is 29.8 Å². The predicted molar refractivity (Wildman–Crippen MR) is 132 cm³/mol. The number of carbonyl (C=O) groups is 3. The molecule has 1 heterocycles. The molecule has 0 radical (unpaired) electrons. The van der Waals surface area contributed by atoms with Gasteiger partial charge in [-0.3, -0.25) is 14.6 Å². The molecule has 174 valence electrons. The second-order valence-electron chi connectivity index (χ2n) is 7.71. The van der Waals surface area contributed by atoms with E-state index in [0.29, 0.717) is 5.02 Å². The van der Waals surface area contributed by atoms with Crippen LogP contribution in [0.5, 0.6) is 5.75 Å². The van der Waals surface area contributed by atoms with Crippen molar-refractivity contribution in [1.82, 2.24) is 4.98 Å². The van der Waals surface area contributed by atoms with Crippen LogP contribution in [0.2, 0.25) is 5.02 Å². The number of carbonyl (C=O) groups excluding carboxylic acids is 2. The van der Waals surface area contributed by atoms with Crippen LogP contribution >= 0.6 is 11.6 Å². The number of aromatic nitrogens is 1. The zero-order chi connectivity index (χ0) is 25.1. The number of rotatable bonds is 7. The third-order valence-corrected chi connectivity index (χ3v) is 5.70. The first kappa shape index (κ1) is 23.7. The quantitative estimate of drug-likeness (QED) is 0.338. The molecule has 4 rings (SSSR count). The summed E-state index contributed by atoms with van der Waals surface area (Å²) < 4.78 is 0. The Morgan fingerprint density at radius 3 is 2.11 bits per heavy atom. The summed E-state index contributed by atoms with van der Waals surface area (Å²) in [5.74, 6) is -2.53. The highest BCUT2D eigenvalue weighted by Gasteiger charge is 2.21. The smallest absolute Gasteiger partial charge is 0.336 e. The minimum absolute atomic E-state index is 0.0844. The van der Waals surface area contributed by atoms with Crippen molar-refractivity contribution in [1.29, 1.82) is 0 Å². The Bertz CT molecular complexity index is 1430. The maximum atomic E-state index is 13.0. The van der Waals surface area contributed by atoms with Gasteiger partial charge in [0.25, 0.3) is 0 Å². The molecule has 0 aliphatic carbocycles. The molecule has 0 unspecified atom stereocenters. The lowest BCUT2D eigenvalue weighted by atomic mass is 9.94. The SMILES string of the molecule is CN(c1ccc(Cl)cc1)c1ccc(C(=O)c2ccc(C(=O)c3cccc(O)c3)c(C(=O)O)c2)nc1. The van der Waals surface area contributed by atoms with Crippen LogP contribution in [-0.4, -0.2) is 39.8 Å². The Hall–Kier alpha value is -4.49. The van der Waals surface area contributed by atoms with E-state index in [2.05, 4.69) is 4.98 Å². The fourth-order valence-corrected chi connectivity index (χ4v) is 3.67. The molecular weight excluding hydrogens is 468 g/mol. The van der Waals surface area contributed by atoms with E-state index in [0.717, 1.165) is 17.4 Å². The molecule has 0 bridgehead atoms. The number of hydrogen-bond acceptors (Lipinski definition) is 6. The number of aromatic hydroxyl groups is 1. The summed E-state index contributed by atoms with van der Waals surface area (Å²) in [6.45, 7) is 0. The van der Waals surface area contributed by atoms with Gasteiger partial charge >= 0.3 is 5.97 Å². The molecule has 35 heavy (non-hydrogen) atoms. The Labute approximate surface area is 205 Å². The van der Waals surface area contributed by atoms with Crippen molar-refractivity contribution in [3.63, 3.8) is 0 Å². The summed E-state index contributed by atoms with van der Waals surface area (Å²) >= 11 is 5.94. The van der Waals surface area contributed by atoms with Crippen LogP contribution in [0.3, 0.4) is 0 Å². The van der Waals surface area contributed by atoms with Gasteiger partial charge in [0.1, 0.15) is 11.4 Å². The van der Waals surface area contributed by atoms with Crippen molar-refractivity contribution in [3.8, 4) is 5.75 Å². The van der Waals surface area contributed by atoms with E-state index < -0.39 is 17.5 Å². The Kier molecular flexibility index (Phi) is 6.62. The number of ketones is 2. The maximum Gasteiger partial charge on any atom is 0.336 e. The number of nitrogens with zero attached hydrogens (tertiary/aromatic N) is 2. The van der Waals surface area contributed by atoms with Gasteiger partial charge in [0.2, 0.25) is 5.78 Å². The van der Waals surface area contributed by atoms with Crippen molar-refractivity contribution in [3.05, 3.63) is 118 Å². The van der Waals surface area contributed by atoms with Crippen molar-refractivity contribution < 1.29 is 24.6 Å². The summed E-state index contributed by atoms with van der Waals surface area (Å²) in [6.07, 6.45) is 1.54. The number of carboxylic acid groups (broad SMARTS) is 1. The first-order chi connectivity index (χ1) is 16.7. The van der Waals surface area contributed by atoms with Gasteiger partial charge in [0, 0.05) is 34.4 Å². The van der Waals surface area contributed by atoms with Crippen molar-refractivity contribution in [2.24, 2.45) is 0 Å². The fourth-order valence-electron chi connectivity index (χ4n) is 3.54. The summed E-state index contributed by atoms with van der Waals surface area (Å²) in [7, 11) is 1.85. The van der Waals surface area contributed by atoms with Gasteiger partial charge in [-0.15, -0.1) is 0 Å². The normalized spacial score (nSPS) is 10.6. The minimum atomic E-state index is -1.35. The lowest BCUT2D eigenvalue weighted by Gasteiger charge is -2.19. The fraction of sp³-hybridized carbons (Fsp3) is 0.0370. The molecule has 0 spiro atoms. The predicted octanol–water partition coefficient (Wildman–Crippen LogP) is 5.37. The Morgan fingerprint density at radius 1 is 0.800 bits per heavy atom. The number of anilines is 2. The minimum Gasteiger partial charge on any atom is -0.508 e. The molecule has 0 fully saturated rings. The third-order valence-electron chi connectivity index (χ3n) is 5.45. The Balaban J connectivity index is 1.60. The second-order valence-corrected chi connectivity index (χ2v) is 8.15. The van der Waals surface area contributed by atoms with E-state index in [9.17, 15) is 24.6 Å². The van der Waals surface area contributed by atoms with Crippen LogP contribution < -0.4 is 4.90 Å². The van der Waals surface area contributed by atoms with Crippen LogP contribution in [0, 0.1) is 0 Å². The highest BCUT2D eigenvalue weighted by atomic mass is 35.5. The summed E-state index contributed by atoms with van der Waals surface area (Å²) in [5.41, 5.74) is 1.56. The molecule has 0 saturated heterocycles. The van der Waals surface area contributed by atoms with E-state index >= 15 is 0 Å². The summed E-state index contributed by atoms with van der Waals surface area (Å²) in [6, 6.07) is 20.0. The number of aromatic carboxylic acids is 1. The van der Waals surface area contributed by atoms with Gasteiger partial charge in [-0.25, -0.2) is 4.79 Å². The largest absolute Gasteiger partial charge is 0.508 e. The second kappa shape index (κ2) is 9.79. The highest BCUT2D eigenvalue weighted by Crippen LogP contribution is 2.25. The van der Waals surface area contributed by atoms with Crippen LogP contribution in [0.4, 0.5) is 11.4 Å². The summed E-state index contributed by atoms with van der Waals surface area (Å²) in [5, 5.41) is 19.9. The van der Waals surface area contributed by atoms with Crippen LogP contribution in [0.1, 0.15) is 42.3 Å². The lowest BCUT2D eigenvalue weighted by molar-refractivity contribution is 0.0692. The molecular formula is C27H19ClN2O5. The molecule has 8 heteroatoms. The van der Waals surface area contributed by atoms with Gasteiger partial charge < -0.3 is 15.1 Å². The molecule has 1 aromatic heterocycles. The molecule has 0 atom stereocenters. The number of pyridine rings is 1. The monoisotopic (exact) mass is 486 g/mol. The number of carboxylic acids is 1. The summed E-state index contributed by atoms with van der Waals surface area (Å²) in [4.78, 5) is 43.8. The van der Waals surface area contributed by atoms with Gasteiger partial charge in [0.15, 0.2) is 5.78 Å². The zero-order valence-electron chi connectivity index (χ0n) is 18.5. The maximum absolute atomic E-state index is 13.0. The number of benzene rings is 3. The molecule has 7 nitrogen and oxygen atoms in total. The van der Waals surface area contributed by atoms with E-state index in [1.54, 1.807) is 30.5 Å². The number of halogens is 1. The van der Waals surface area contributed by atoms with Gasteiger partial charge in [0.05, 0.1) is 17.4 Å². The zero-order valence-corrected chi connectivity index (χ0v) is 19.2. The van der Waals surface area contributed by atoms with Crippen molar-refractivity contribution >= 4 is 40.5 Å². The molecule has 2 N–H and O–H groups in total. The average Bonchev–Trinajstić information content (AvgIpc) is 2.87. The van der Waals surface area contributed by atoms with Crippen LogP contribution in [0.15, 0.2) is 85.1 Å². The first-order valence-corrected chi connectivity index (χ1v) is 10.8.